The van der Waals surface area contributed by atoms with Gasteiger partial charge in [-0.05, 0) is 12.8 Å². The fraction of sp³-hybridized carbons (Fsp3) is 0.909. The molecule has 4 nitrogen and oxygen atoms in total. The zero-order valence-corrected chi connectivity index (χ0v) is 9.77. The van der Waals surface area contributed by atoms with E-state index in [-0.39, 0.29) is 12.5 Å². The van der Waals surface area contributed by atoms with Gasteiger partial charge < -0.3 is 9.84 Å². The normalized spacial score (nSPS) is 25.5. The SMILES string of the molecule is CC(C)C(C)N1CCOC(CC(=O)O)C1. The van der Waals surface area contributed by atoms with Crippen molar-refractivity contribution >= 4 is 5.97 Å². The van der Waals surface area contributed by atoms with Gasteiger partial charge >= 0.3 is 5.97 Å². The van der Waals surface area contributed by atoms with Gasteiger partial charge in [0.1, 0.15) is 0 Å². The number of nitrogens with zero attached hydrogens (tertiary/aromatic N) is 1. The first kappa shape index (κ1) is 12.5. The fourth-order valence-corrected chi connectivity index (χ4v) is 1.85. The van der Waals surface area contributed by atoms with Crippen molar-refractivity contribution < 1.29 is 14.6 Å². The summed E-state index contributed by atoms with van der Waals surface area (Å²) in [4.78, 5) is 12.9. The van der Waals surface area contributed by atoms with E-state index in [0.717, 1.165) is 13.1 Å². The Bertz CT molecular complexity index is 218. The highest BCUT2D eigenvalue weighted by Gasteiger charge is 2.26. The van der Waals surface area contributed by atoms with E-state index < -0.39 is 5.97 Å². The molecule has 0 bridgehead atoms. The van der Waals surface area contributed by atoms with Crippen LogP contribution >= 0.6 is 0 Å². The van der Waals surface area contributed by atoms with Crippen LogP contribution in [0.1, 0.15) is 27.2 Å². The van der Waals surface area contributed by atoms with Crippen LogP contribution in [-0.4, -0.2) is 47.8 Å². The summed E-state index contributed by atoms with van der Waals surface area (Å²) in [5.41, 5.74) is 0. The Hall–Kier alpha value is -0.610. The largest absolute Gasteiger partial charge is 0.481 e. The molecule has 0 spiro atoms. The van der Waals surface area contributed by atoms with Crippen LogP contribution in [-0.2, 0) is 9.53 Å². The maximum absolute atomic E-state index is 10.6. The summed E-state index contributed by atoms with van der Waals surface area (Å²) < 4.78 is 5.43. The van der Waals surface area contributed by atoms with E-state index >= 15 is 0 Å². The lowest BCUT2D eigenvalue weighted by Crippen LogP contribution is -2.48. The molecule has 0 radical (unpaired) electrons. The van der Waals surface area contributed by atoms with E-state index in [9.17, 15) is 4.79 Å². The Balaban J connectivity index is 2.44. The average molecular weight is 215 g/mol. The third kappa shape index (κ3) is 3.80. The summed E-state index contributed by atoms with van der Waals surface area (Å²) in [5, 5.41) is 8.70. The number of hydrogen-bond acceptors (Lipinski definition) is 3. The Morgan fingerprint density at radius 3 is 2.73 bits per heavy atom. The monoisotopic (exact) mass is 215 g/mol. The fourth-order valence-electron chi connectivity index (χ4n) is 1.85. The molecule has 0 aromatic rings. The molecule has 1 saturated heterocycles. The molecule has 1 rings (SSSR count). The van der Waals surface area contributed by atoms with Gasteiger partial charge in [0.15, 0.2) is 0 Å². The second-order valence-corrected chi connectivity index (χ2v) is 4.57. The van der Waals surface area contributed by atoms with Crippen LogP contribution in [0, 0.1) is 5.92 Å². The quantitative estimate of drug-likeness (QED) is 0.765. The molecule has 1 N–H and O–H groups in total. The smallest absolute Gasteiger partial charge is 0.306 e. The Morgan fingerprint density at radius 1 is 1.53 bits per heavy atom. The van der Waals surface area contributed by atoms with E-state index in [1.165, 1.54) is 0 Å². The lowest BCUT2D eigenvalue weighted by atomic mass is 10.0. The van der Waals surface area contributed by atoms with Crippen molar-refractivity contribution in [1.82, 2.24) is 4.90 Å². The molecular weight excluding hydrogens is 194 g/mol. The van der Waals surface area contributed by atoms with Crippen molar-refractivity contribution in [2.24, 2.45) is 5.92 Å². The number of carboxylic acids is 1. The minimum absolute atomic E-state index is 0.112. The Labute approximate surface area is 91.2 Å². The molecule has 2 atom stereocenters. The maximum Gasteiger partial charge on any atom is 0.306 e. The first-order chi connectivity index (χ1) is 7.00. The molecule has 1 heterocycles. The van der Waals surface area contributed by atoms with Crippen molar-refractivity contribution in [2.45, 2.75) is 39.3 Å². The number of aliphatic carboxylic acids is 1. The third-order valence-corrected chi connectivity index (χ3v) is 3.11. The minimum atomic E-state index is -0.779. The highest BCUT2D eigenvalue weighted by molar-refractivity contribution is 5.67. The van der Waals surface area contributed by atoms with Gasteiger partial charge in [-0.2, -0.15) is 0 Å². The average Bonchev–Trinajstić information content (AvgIpc) is 2.16. The Kier molecular flexibility index (Phi) is 4.54. The predicted octanol–water partition coefficient (Wildman–Crippen LogP) is 1.21. The Morgan fingerprint density at radius 2 is 2.20 bits per heavy atom. The first-order valence-corrected chi connectivity index (χ1v) is 5.58. The van der Waals surface area contributed by atoms with Gasteiger partial charge in [0, 0.05) is 19.1 Å². The third-order valence-electron chi connectivity index (χ3n) is 3.11. The van der Waals surface area contributed by atoms with Gasteiger partial charge in [-0.1, -0.05) is 13.8 Å². The minimum Gasteiger partial charge on any atom is -0.481 e. The second kappa shape index (κ2) is 5.47. The van der Waals surface area contributed by atoms with Crippen molar-refractivity contribution in [1.29, 1.82) is 0 Å². The van der Waals surface area contributed by atoms with Crippen molar-refractivity contribution in [3.05, 3.63) is 0 Å². The summed E-state index contributed by atoms with van der Waals surface area (Å²) in [6.45, 7) is 8.86. The van der Waals surface area contributed by atoms with Crippen LogP contribution in [0.5, 0.6) is 0 Å². The van der Waals surface area contributed by atoms with Gasteiger partial charge in [-0.3, -0.25) is 9.69 Å². The van der Waals surface area contributed by atoms with Gasteiger partial charge in [0.05, 0.1) is 19.1 Å². The van der Waals surface area contributed by atoms with Crippen molar-refractivity contribution in [3.63, 3.8) is 0 Å². The molecule has 2 unspecified atom stereocenters. The predicted molar refractivity (Wildman–Crippen MR) is 57.9 cm³/mol. The van der Waals surface area contributed by atoms with Crippen molar-refractivity contribution in [2.75, 3.05) is 19.7 Å². The van der Waals surface area contributed by atoms with Crippen LogP contribution in [0.3, 0.4) is 0 Å². The molecule has 1 fully saturated rings. The van der Waals surface area contributed by atoms with Gasteiger partial charge in [-0.15, -0.1) is 0 Å². The number of carbonyl (C=O) groups is 1. The molecule has 88 valence electrons. The standard InChI is InChI=1S/C11H21NO3/c1-8(2)9(3)12-4-5-15-10(7-12)6-11(13)14/h8-10H,4-7H2,1-3H3,(H,13,14). The van der Waals surface area contributed by atoms with Crippen molar-refractivity contribution in [3.8, 4) is 0 Å². The van der Waals surface area contributed by atoms with Gasteiger partial charge in [0.25, 0.3) is 0 Å². The zero-order chi connectivity index (χ0) is 11.4. The van der Waals surface area contributed by atoms with Gasteiger partial charge in [0.2, 0.25) is 0 Å². The summed E-state index contributed by atoms with van der Waals surface area (Å²) in [6.07, 6.45) is -0.0288. The highest BCUT2D eigenvalue weighted by atomic mass is 16.5. The summed E-state index contributed by atoms with van der Waals surface area (Å²) >= 11 is 0. The second-order valence-electron chi connectivity index (χ2n) is 4.57. The van der Waals surface area contributed by atoms with Crippen LogP contribution < -0.4 is 0 Å². The first-order valence-electron chi connectivity index (χ1n) is 5.58. The molecule has 0 amide bonds. The number of hydrogen-bond donors (Lipinski definition) is 1. The van der Waals surface area contributed by atoms with E-state index in [2.05, 4.69) is 25.7 Å². The number of rotatable bonds is 4. The van der Waals surface area contributed by atoms with E-state index in [1.54, 1.807) is 0 Å². The van der Waals surface area contributed by atoms with E-state index in [4.69, 9.17) is 9.84 Å². The van der Waals surface area contributed by atoms with Gasteiger partial charge in [-0.25, -0.2) is 0 Å². The molecular formula is C11H21NO3. The van der Waals surface area contributed by atoms with Crippen LogP contribution in [0.2, 0.25) is 0 Å². The zero-order valence-electron chi connectivity index (χ0n) is 9.77. The topological polar surface area (TPSA) is 49.8 Å². The number of morpholine rings is 1. The lowest BCUT2D eigenvalue weighted by molar-refractivity contribution is -0.142. The van der Waals surface area contributed by atoms with E-state index in [1.807, 2.05) is 0 Å². The molecule has 0 aliphatic carbocycles. The summed E-state index contributed by atoms with van der Waals surface area (Å²) in [7, 11) is 0. The van der Waals surface area contributed by atoms with Crippen LogP contribution in [0.15, 0.2) is 0 Å². The molecule has 0 aromatic heterocycles. The molecule has 15 heavy (non-hydrogen) atoms. The van der Waals surface area contributed by atoms with E-state index in [0.29, 0.717) is 18.6 Å². The molecule has 1 aliphatic rings. The highest BCUT2D eigenvalue weighted by Crippen LogP contribution is 2.16. The summed E-state index contributed by atoms with van der Waals surface area (Å²) in [6, 6.07) is 0.491. The summed E-state index contributed by atoms with van der Waals surface area (Å²) in [5.74, 6) is -0.187. The number of ether oxygens (including phenoxy) is 1. The number of carboxylic acid groups (broad SMARTS) is 1. The van der Waals surface area contributed by atoms with Crippen LogP contribution in [0.25, 0.3) is 0 Å². The maximum atomic E-state index is 10.6. The lowest BCUT2D eigenvalue weighted by Gasteiger charge is -2.38. The molecule has 1 aliphatic heterocycles. The molecule has 4 heteroatoms. The van der Waals surface area contributed by atoms with Crippen LogP contribution in [0.4, 0.5) is 0 Å². The molecule has 0 saturated carbocycles. The molecule has 0 aromatic carbocycles.